The molecule has 0 aliphatic carbocycles. The standard InChI is InChI=1S/C22H21ClN4O/c1-27-14-22(26-21(27)24,18-8-9-20(28-2)19(23)12-18)17-7-3-5-15(11-17)16-6-4-10-25-13-16/h3-13H,14H2,1-2H3,(H2,24,26). The maximum Gasteiger partial charge on any atom is 0.192 e. The predicted molar refractivity (Wildman–Crippen MR) is 113 cm³/mol. The van der Waals surface area contributed by atoms with Crippen molar-refractivity contribution in [3.63, 3.8) is 0 Å². The second-order valence-electron chi connectivity index (χ2n) is 6.86. The molecule has 2 aromatic carbocycles. The number of aromatic nitrogens is 1. The van der Waals surface area contributed by atoms with Crippen molar-refractivity contribution in [2.75, 3.05) is 20.7 Å². The Morgan fingerprint density at radius 3 is 2.50 bits per heavy atom. The van der Waals surface area contributed by atoms with Gasteiger partial charge in [0.2, 0.25) is 0 Å². The Balaban J connectivity index is 1.88. The van der Waals surface area contributed by atoms with Crippen LogP contribution in [-0.2, 0) is 5.54 Å². The lowest BCUT2D eigenvalue weighted by Gasteiger charge is -2.29. The third kappa shape index (κ3) is 3.08. The van der Waals surface area contributed by atoms with Crippen LogP contribution in [0.2, 0.25) is 5.02 Å². The molecule has 1 unspecified atom stereocenters. The van der Waals surface area contributed by atoms with Crippen molar-refractivity contribution in [1.29, 1.82) is 0 Å². The van der Waals surface area contributed by atoms with Crippen molar-refractivity contribution in [1.82, 2.24) is 9.88 Å². The summed E-state index contributed by atoms with van der Waals surface area (Å²) in [6.45, 7) is 0.623. The summed E-state index contributed by atoms with van der Waals surface area (Å²) in [6.07, 6.45) is 3.62. The van der Waals surface area contributed by atoms with E-state index < -0.39 is 5.54 Å². The smallest absolute Gasteiger partial charge is 0.192 e. The van der Waals surface area contributed by atoms with E-state index in [1.807, 2.05) is 54.5 Å². The molecule has 1 aliphatic rings. The summed E-state index contributed by atoms with van der Waals surface area (Å²) in [7, 11) is 3.55. The number of pyridine rings is 1. The number of ether oxygens (including phenoxy) is 1. The fraction of sp³-hybridized carbons (Fsp3) is 0.182. The van der Waals surface area contributed by atoms with Gasteiger partial charge in [0.25, 0.3) is 0 Å². The van der Waals surface area contributed by atoms with E-state index in [0.717, 1.165) is 22.3 Å². The number of aliphatic imine (C=N–C) groups is 1. The summed E-state index contributed by atoms with van der Waals surface area (Å²) in [6, 6.07) is 18.1. The van der Waals surface area contributed by atoms with Gasteiger partial charge < -0.3 is 15.4 Å². The molecule has 28 heavy (non-hydrogen) atoms. The van der Waals surface area contributed by atoms with Gasteiger partial charge in [-0.1, -0.05) is 41.9 Å². The predicted octanol–water partition coefficient (Wildman–Crippen LogP) is 3.91. The van der Waals surface area contributed by atoms with Crippen LogP contribution in [0.5, 0.6) is 5.75 Å². The number of methoxy groups -OCH3 is 1. The summed E-state index contributed by atoms with van der Waals surface area (Å²) < 4.78 is 5.31. The molecule has 2 heterocycles. The fourth-order valence-electron chi connectivity index (χ4n) is 3.63. The molecule has 1 aromatic heterocycles. The number of hydrogen-bond acceptors (Lipinski definition) is 5. The minimum atomic E-state index is -0.646. The molecule has 0 spiro atoms. The SMILES string of the molecule is COc1ccc(C2(c3cccc(-c4cccnc4)c3)CN(C)C(N)=N2)cc1Cl. The maximum absolute atomic E-state index is 6.43. The third-order valence-corrected chi connectivity index (χ3v) is 5.42. The Kier molecular flexibility index (Phi) is 4.69. The maximum atomic E-state index is 6.43. The molecule has 1 atom stereocenters. The van der Waals surface area contributed by atoms with Gasteiger partial charge in [0.1, 0.15) is 11.3 Å². The second kappa shape index (κ2) is 7.17. The fourth-order valence-corrected chi connectivity index (χ4v) is 3.89. The van der Waals surface area contributed by atoms with Crippen LogP contribution >= 0.6 is 11.6 Å². The molecule has 0 fully saturated rings. The van der Waals surface area contributed by atoms with E-state index in [-0.39, 0.29) is 0 Å². The molecule has 0 radical (unpaired) electrons. The second-order valence-corrected chi connectivity index (χ2v) is 7.27. The number of benzene rings is 2. The topological polar surface area (TPSA) is 63.7 Å². The lowest BCUT2D eigenvalue weighted by molar-refractivity contribution is 0.412. The van der Waals surface area contributed by atoms with E-state index in [4.69, 9.17) is 27.1 Å². The first kappa shape index (κ1) is 18.3. The molecular formula is C22H21ClN4O. The van der Waals surface area contributed by atoms with E-state index in [1.165, 1.54) is 0 Å². The van der Waals surface area contributed by atoms with Crippen molar-refractivity contribution in [3.05, 3.63) is 83.1 Å². The zero-order valence-corrected chi connectivity index (χ0v) is 16.5. The van der Waals surface area contributed by atoms with Crippen LogP contribution < -0.4 is 10.5 Å². The van der Waals surface area contributed by atoms with Crippen molar-refractivity contribution < 1.29 is 4.74 Å². The van der Waals surface area contributed by atoms with Gasteiger partial charge in [-0.25, -0.2) is 4.99 Å². The highest BCUT2D eigenvalue weighted by atomic mass is 35.5. The number of rotatable bonds is 4. The number of guanidine groups is 1. The Labute approximate surface area is 169 Å². The number of nitrogens with zero attached hydrogens (tertiary/aromatic N) is 3. The van der Waals surface area contributed by atoms with Crippen LogP contribution in [0.15, 0.2) is 72.0 Å². The minimum Gasteiger partial charge on any atom is -0.495 e. The van der Waals surface area contributed by atoms with Crippen molar-refractivity contribution >= 4 is 17.6 Å². The van der Waals surface area contributed by atoms with Crippen LogP contribution in [0, 0.1) is 0 Å². The first-order valence-electron chi connectivity index (χ1n) is 8.95. The molecule has 0 amide bonds. The van der Waals surface area contributed by atoms with E-state index in [0.29, 0.717) is 23.3 Å². The molecule has 2 N–H and O–H groups in total. The molecule has 1 aliphatic heterocycles. The minimum absolute atomic E-state index is 0.499. The highest BCUT2D eigenvalue weighted by Gasteiger charge is 2.41. The van der Waals surface area contributed by atoms with E-state index in [9.17, 15) is 0 Å². The molecule has 0 saturated carbocycles. The summed E-state index contributed by atoms with van der Waals surface area (Å²) in [4.78, 5) is 11.1. The van der Waals surface area contributed by atoms with Gasteiger partial charge in [-0.15, -0.1) is 0 Å². The molecule has 3 aromatic rings. The van der Waals surface area contributed by atoms with Gasteiger partial charge >= 0.3 is 0 Å². The summed E-state index contributed by atoms with van der Waals surface area (Å²) in [5, 5.41) is 0.547. The molecule has 6 heteroatoms. The highest BCUT2D eigenvalue weighted by molar-refractivity contribution is 6.32. The average molecular weight is 393 g/mol. The van der Waals surface area contributed by atoms with E-state index in [2.05, 4.69) is 23.2 Å². The quantitative estimate of drug-likeness (QED) is 0.731. The Bertz CT molecular complexity index is 1040. The van der Waals surface area contributed by atoms with Gasteiger partial charge in [-0.2, -0.15) is 0 Å². The lowest BCUT2D eigenvalue weighted by atomic mass is 9.82. The highest BCUT2D eigenvalue weighted by Crippen LogP contribution is 2.41. The largest absolute Gasteiger partial charge is 0.495 e. The molecule has 142 valence electrons. The lowest BCUT2D eigenvalue weighted by Crippen LogP contribution is -2.34. The molecular weight excluding hydrogens is 372 g/mol. The van der Waals surface area contributed by atoms with Crippen molar-refractivity contribution in [2.24, 2.45) is 10.7 Å². The Morgan fingerprint density at radius 1 is 1.07 bits per heavy atom. The first-order chi connectivity index (χ1) is 13.5. The Hall–Kier alpha value is -3.05. The number of hydrogen-bond donors (Lipinski definition) is 1. The van der Waals surface area contributed by atoms with Crippen LogP contribution in [0.25, 0.3) is 11.1 Å². The van der Waals surface area contributed by atoms with Gasteiger partial charge in [0, 0.05) is 19.4 Å². The number of likely N-dealkylation sites (N-methyl/N-ethyl adjacent to an activating group) is 1. The van der Waals surface area contributed by atoms with Crippen molar-refractivity contribution in [2.45, 2.75) is 5.54 Å². The molecule has 5 nitrogen and oxygen atoms in total. The normalized spacial score (nSPS) is 18.8. The monoisotopic (exact) mass is 392 g/mol. The van der Waals surface area contributed by atoms with Crippen molar-refractivity contribution in [3.8, 4) is 16.9 Å². The molecule has 4 rings (SSSR count). The number of nitrogens with two attached hydrogens (primary N) is 1. The zero-order valence-electron chi connectivity index (χ0n) is 15.8. The van der Waals surface area contributed by atoms with Crippen LogP contribution in [0.3, 0.4) is 0 Å². The van der Waals surface area contributed by atoms with Gasteiger partial charge in [0.05, 0.1) is 18.7 Å². The van der Waals surface area contributed by atoms with Crippen LogP contribution in [0.1, 0.15) is 11.1 Å². The van der Waals surface area contributed by atoms with Gasteiger partial charge in [-0.05, 0) is 46.5 Å². The van der Waals surface area contributed by atoms with E-state index >= 15 is 0 Å². The number of halogens is 1. The summed E-state index contributed by atoms with van der Waals surface area (Å²) in [5.74, 6) is 1.13. The van der Waals surface area contributed by atoms with Crippen LogP contribution in [-0.4, -0.2) is 36.5 Å². The third-order valence-electron chi connectivity index (χ3n) is 5.13. The van der Waals surface area contributed by atoms with E-state index in [1.54, 1.807) is 13.3 Å². The van der Waals surface area contributed by atoms with Gasteiger partial charge in [0.15, 0.2) is 5.96 Å². The molecule has 0 saturated heterocycles. The first-order valence-corrected chi connectivity index (χ1v) is 9.33. The average Bonchev–Trinajstić information content (AvgIpc) is 3.04. The Morgan fingerprint density at radius 2 is 1.86 bits per heavy atom. The summed E-state index contributed by atoms with van der Waals surface area (Å²) >= 11 is 6.43. The van der Waals surface area contributed by atoms with Gasteiger partial charge in [-0.3, -0.25) is 4.98 Å². The summed E-state index contributed by atoms with van der Waals surface area (Å²) in [5.41, 5.74) is 9.67. The zero-order chi connectivity index (χ0) is 19.7. The van der Waals surface area contributed by atoms with Crippen LogP contribution in [0.4, 0.5) is 0 Å². The molecule has 0 bridgehead atoms.